The van der Waals surface area contributed by atoms with E-state index in [1.54, 1.807) is 0 Å². The molecule has 1 saturated heterocycles. The fraction of sp³-hybridized carbons (Fsp3) is 0.750. The monoisotopic (exact) mass is 128 g/mol. The summed E-state index contributed by atoms with van der Waals surface area (Å²) in [5.74, 6) is 0. The normalized spacial score (nSPS) is 24.9. The van der Waals surface area contributed by atoms with Gasteiger partial charge < -0.3 is 11.7 Å². The number of hydrogen-bond acceptors (Lipinski definition) is 1. The summed E-state index contributed by atoms with van der Waals surface area (Å²) in [6.45, 7) is 3.53. The van der Waals surface area contributed by atoms with Gasteiger partial charge in [0.15, 0.2) is 0 Å². The maximum Gasteiger partial charge on any atom is 1.00 e. The van der Waals surface area contributed by atoms with E-state index in [0.29, 0.717) is 0 Å². The molecule has 0 aliphatic carbocycles. The topological polar surface area (TPSA) is 9.23 Å². The van der Waals surface area contributed by atoms with Crippen LogP contribution in [-0.2, 0) is 4.74 Å². The standard InChI is InChI=1S/C4H6FO.K/c1-4(5)2-6-3-4;/h1-3H2;/q-1;+1. The first kappa shape index (κ1) is 8.53. The Kier molecular flexibility index (Phi) is 3.52. The molecule has 1 rings (SSSR count). The predicted octanol–water partition coefficient (Wildman–Crippen LogP) is -2.44. The van der Waals surface area contributed by atoms with Gasteiger partial charge in [0.25, 0.3) is 0 Å². The van der Waals surface area contributed by atoms with Crippen molar-refractivity contribution < 1.29 is 60.5 Å². The molecule has 0 amide bonds. The molecule has 0 aromatic carbocycles. The van der Waals surface area contributed by atoms with Crippen molar-refractivity contribution in [3.63, 3.8) is 0 Å². The summed E-state index contributed by atoms with van der Waals surface area (Å²) in [7, 11) is 0. The maximum atomic E-state index is 12.0. The average Bonchev–Trinajstić information content (AvgIpc) is 1.32. The minimum absolute atomic E-state index is 0. The Balaban J connectivity index is 0.000000360. The predicted molar refractivity (Wildman–Crippen MR) is 20.0 cm³/mol. The Labute approximate surface area is 85.0 Å². The van der Waals surface area contributed by atoms with Crippen LogP contribution in [-0.4, -0.2) is 18.9 Å². The van der Waals surface area contributed by atoms with Crippen molar-refractivity contribution in [2.45, 2.75) is 5.67 Å². The molecule has 0 saturated carbocycles. The van der Waals surface area contributed by atoms with Crippen LogP contribution in [0.15, 0.2) is 0 Å². The van der Waals surface area contributed by atoms with E-state index in [9.17, 15) is 4.39 Å². The van der Waals surface area contributed by atoms with Gasteiger partial charge >= 0.3 is 51.4 Å². The number of rotatable bonds is 0. The van der Waals surface area contributed by atoms with Gasteiger partial charge in [-0.1, -0.05) is 0 Å². The Morgan fingerprint density at radius 2 is 1.86 bits per heavy atom. The number of halogens is 1. The molecule has 0 aromatic heterocycles. The Morgan fingerprint density at radius 3 is 1.86 bits per heavy atom. The van der Waals surface area contributed by atoms with Crippen molar-refractivity contribution in [1.82, 2.24) is 0 Å². The molecular formula is C4H6FKO. The van der Waals surface area contributed by atoms with Gasteiger partial charge in [0.1, 0.15) is 0 Å². The number of alkyl halides is 1. The van der Waals surface area contributed by atoms with E-state index in [2.05, 4.69) is 11.7 Å². The summed E-state index contributed by atoms with van der Waals surface area (Å²) in [6, 6.07) is 0. The molecule has 36 valence electrons. The fourth-order valence-corrected chi connectivity index (χ4v) is 0.324. The summed E-state index contributed by atoms with van der Waals surface area (Å²) >= 11 is 0. The molecule has 0 aromatic rings. The van der Waals surface area contributed by atoms with Crippen molar-refractivity contribution >= 4 is 0 Å². The van der Waals surface area contributed by atoms with E-state index in [-0.39, 0.29) is 64.6 Å². The fourth-order valence-electron chi connectivity index (χ4n) is 0.324. The summed E-state index contributed by atoms with van der Waals surface area (Å²) in [5.41, 5.74) is -1.25. The molecule has 0 bridgehead atoms. The van der Waals surface area contributed by atoms with Gasteiger partial charge in [0.2, 0.25) is 0 Å². The van der Waals surface area contributed by atoms with E-state index in [0.717, 1.165) is 0 Å². The van der Waals surface area contributed by atoms with Gasteiger partial charge in [-0.2, -0.15) is 0 Å². The molecule has 1 nitrogen and oxygen atoms in total. The van der Waals surface area contributed by atoms with Crippen LogP contribution >= 0.6 is 0 Å². The van der Waals surface area contributed by atoms with Gasteiger partial charge in [-0.15, -0.1) is 0 Å². The van der Waals surface area contributed by atoms with Crippen LogP contribution in [0.1, 0.15) is 0 Å². The third-order valence-electron chi connectivity index (χ3n) is 0.721. The first-order valence-corrected chi connectivity index (χ1v) is 1.83. The maximum absolute atomic E-state index is 12.0. The molecule has 0 unspecified atom stereocenters. The molecule has 1 heterocycles. The van der Waals surface area contributed by atoms with Crippen molar-refractivity contribution in [3.8, 4) is 0 Å². The Bertz CT molecular complexity index is 58.7. The first-order valence-electron chi connectivity index (χ1n) is 1.83. The van der Waals surface area contributed by atoms with E-state index in [1.807, 2.05) is 0 Å². The second kappa shape index (κ2) is 2.89. The molecule has 0 radical (unpaired) electrons. The second-order valence-electron chi connectivity index (χ2n) is 1.64. The third-order valence-corrected chi connectivity index (χ3v) is 0.721. The van der Waals surface area contributed by atoms with Gasteiger partial charge in [-0.3, -0.25) is 4.39 Å². The minimum atomic E-state index is -1.25. The van der Waals surface area contributed by atoms with E-state index < -0.39 is 5.67 Å². The van der Waals surface area contributed by atoms with E-state index >= 15 is 0 Å². The number of ether oxygens (including phenoxy) is 1. The SMILES string of the molecule is [CH2-]C1(F)COC1.[K+]. The first-order chi connectivity index (χ1) is 2.71. The van der Waals surface area contributed by atoms with Crippen LogP contribution in [0.4, 0.5) is 4.39 Å². The zero-order chi connectivity index (χ0) is 4.62. The van der Waals surface area contributed by atoms with Gasteiger partial charge in [-0.25, -0.2) is 0 Å². The van der Waals surface area contributed by atoms with E-state index in [4.69, 9.17) is 0 Å². The van der Waals surface area contributed by atoms with Crippen LogP contribution in [0.2, 0.25) is 0 Å². The average molecular weight is 128 g/mol. The van der Waals surface area contributed by atoms with Crippen molar-refractivity contribution in [2.75, 3.05) is 13.2 Å². The van der Waals surface area contributed by atoms with Crippen molar-refractivity contribution in [1.29, 1.82) is 0 Å². The van der Waals surface area contributed by atoms with Crippen molar-refractivity contribution in [3.05, 3.63) is 6.92 Å². The Morgan fingerprint density at radius 1 is 1.57 bits per heavy atom. The second-order valence-corrected chi connectivity index (χ2v) is 1.64. The van der Waals surface area contributed by atoms with Crippen LogP contribution in [0, 0.1) is 6.92 Å². The zero-order valence-corrected chi connectivity index (χ0v) is 7.53. The molecule has 1 fully saturated rings. The molecule has 1 aliphatic heterocycles. The summed E-state index contributed by atoms with van der Waals surface area (Å²) in [5, 5.41) is 0. The minimum Gasteiger partial charge on any atom is -0.380 e. The van der Waals surface area contributed by atoms with Crippen LogP contribution in [0.5, 0.6) is 0 Å². The van der Waals surface area contributed by atoms with Crippen LogP contribution in [0.25, 0.3) is 0 Å². The smallest absolute Gasteiger partial charge is 0.380 e. The Hall–Kier alpha value is 1.53. The summed E-state index contributed by atoms with van der Waals surface area (Å²) in [6.07, 6.45) is 0. The summed E-state index contributed by atoms with van der Waals surface area (Å²) < 4.78 is 16.5. The molecule has 0 N–H and O–H groups in total. The largest absolute Gasteiger partial charge is 1.00 e. The van der Waals surface area contributed by atoms with Crippen LogP contribution < -0.4 is 51.4 Å². The zero-order valence-electron chi connectivity index (χ0n) is 4.41. The summed E-state index contributed by atoms with van der Waals surface area (Å²) in [4.78, 5) is 0. The van der Waals surface area contributed by atoms with E-state index in [1.165, 1.54) is 0 Å². The van der Waals surface area contributed by atoms with Crippen LogP contribution in [0.3, 0.4) is 0 Å². The van der Waals surface area contributed by atoms with Gasteiger partial charge in [-0.05, 0) is 0 Å². The quantitative estimate of drug-likeness (QED) is 0.260. The molecular weight excluding hydrogens is 122 g/mol. The van der Waals surface area contributed by atoms with Gasteiger partial charge in [0, 0.05) is 5.67 Å². The third kappa shape index (κ3) is 2.53. The molecule has 0 atom stereocenters. The van der Waals surface area contributed by atoms with Crippen molar-refractivity contribution in [2.24, 2.45) is 0 Å². The molecule has 0 spiro atoms. The van der Waals surface area contributed by atoms with Gasteiger partial charge in [0.05, 0.1) is 13.2 Å². The number of hydrogen-bond donors (Lipinski definition) is 0. The molecule has 7 heavy (non-hydrogen) atoms. The molecule has 3 heteroatoms. The molecule has 1 aliphatic rings.